The second kappa shape index (κ2) is 5.91. The van der Waals surface area contributed by atoms with Crippen molar-refractivity contribution in [3.8, 4) is 0 Å². The first-order valence-electron chi connectivity index (χ1n) is 8.50. The van der Waals surface area contributed by atoms with Gasteiger partial charge in [-0.3, -0.25) is 9.59 Å². The van der Waals surface area contributed by atoms with Gasteiger partial charge in [0.25, 0.3) is 0 Å². The van der Waals surface area contributed by atoms with Gasteiger partial charge in [-0.25, -0.2) is 0 Å². The van der Waals surface area contributed by atoms with Crippen molar-refractivity contribution in [1.29, 1.82) is 0 Å². The van der Waals surface area contributed by atoms with Gasteiger partial charge in [0, 0.05) is 19.0 Å². The van der Waals surface area contributed by atoms with Gasteiger partial charge in [0.05, 0.1) is 0 Å². The number of carbonyl (C=O) groups is 2. The Balaban J connectivity index is 1.52. The van der Waals surface area contributed by atoms with Gasteiger partial charge in [-0.15, -0.1) is 0 Å². The molecule has 23 heavy (non-hydrogen) atoms. The molecule has 0 radical (unpaired) electrons. The summed E-state index contributed by atoms with van der Waals surface area (Å²) in [6.45, 7) is 2.78. The minimum Gasteiger partial charge on any atom is -0.344 e. The van der Waals surface area contributed by atoms with Gasteiger partial charge in [-0.05, 0) is 66.6 Å². The maximum absolute atomic E-state index is 13.0. The van der Waals surface area contributed by atoms with Crippen molar-refractivity contribution in [2.45, 2.75) is 50.7 Å². The SMILES string of the molecule is O=C1CC[C@@H](C(=O)N(Cc2ccsc2)C2CC23CCNCC3)N1. The molecule has 0 aromatic carbocycles. The molecule has 0 bridgehead atoms. The predicted molar refractivity (Wildman–Crippen MR) is 89.0 cm³/mol. The Morgan fingerprint density at radius 2 is 2.22 bits per heavy atom. The van der Waals surface area contributed by atoms with Crippen molar-refractivity contribution in [3.05, 3.63) is 22.4 Å². The van der Waals surface area contributed by atoms with Crippen molar-refractivity contribution in [3.63, 3.8) is 0 Å². The van der Waals surface area contributed by atoms with Crippen LogP contribution in [0.15, 0.2) is 16.8 Å². The van der Waals surface area contributed by atoms with Crippen LogP contribution in [-0.4, -0.2) is 41.9 Å². The number of hydrogen-bond donors (Lipinski definition) is 2. The van der Waals surface area contributed by atoms with Crippen LogP contribution in [0.5, 0.6) is 0 Å². The standard InChI is InChI=1S/C17H23N3O2S/c21-15-2-1-13(19-15)16(22)20(10-12-3-8-23-11-12)14-9-17(14)4-6-18-7-5-17/h3,8,11,13-14,18H,1-2,4-7,9-10H2,(H,19,21)/t13-,14?/m0/s1. The molecule has 2 amide bonds. The van der Waals surface area contributed by atoms with Crippen molar-refractivity contribution in [2.24, 2.45) is 5.41 Å². The fourth-order valence-corrected chi connectivity index (χ4v) is 4.81. The summed E-state index contributed by atoms with van der Waals surface area (Å²) in [7, 11) is 0. The van der Waals surface area contributed by atoms with E-state index in [4.69, 9.17) is 0 Å². The zero-order chi connectivity index (χ0) is 15.9. The molecule has 2 aliphatic heterocycles. The maximum atomic E-state index is 13.0. The van der Waals surface area contributed by atoms with Gasteiger partial charge < -0.3 is 15.5 Å². The highest BCUT2D eigenvalue weighted by molar-refractivity contribution is 7.07. The highest BCUT2D eigenvalue weighted by Crippen LogP contribution is 2.56. The normalized spacial score (nSPS) is 28.6. The second-order valence-corrected chi connectivity index (χ2v) is 7.87. The summed E-state index contributed by atoms with van der Waals surface area (Å²) in [4.78, 5) is 26.6. The number of hydrogen-bond acceptors (Lipinski definition) is 4. The Kier molecular flexibility index (Phi) is 3.89. The van der Waals surface area contributed by atoms with E-state index in [1.54, 1.807) is 11.3 Å². The van der Waals surface area contributed by atoms with Gasteiger partial charge >= 0.3 is 0 Å². The van der Waals surface area contributed by atoms with E-state index < -0.39 is 0 Å². The molecule has 1 aliphatic carbocycles. The average molecular weight is 333 g/mol. The molecule has 1 unspecified atom stereocenters. The number of carbonyl (C=O) groups excluding carboxylic acids is 2. The molecule has 2 atom stereocenters. The Bertz CT molecular complexity index is 595. The zero-order valence-corrected chi connectivity index (χ0v) is 14.0. The molecule has 1 spiro atoms. The third-order valence-corrected chi connectivity index (χ3v) is 6.36. The highest BCUT2D eigenvalue weighted by Gasteiger charge is 2.58. The lowest BCUT2D eigenvalue weighted by atomic mass is 9.93. The van der Waals surface area contributed by atoms with Gasteiger partial charge in [-0.2, -0.15) is 11.3 Å². The Morgan fingerprint density at radius 1 is 1.39 bits per heavy atom. The smallest absolute Gasteiger partial charge is 0.245 e. The van der Waals surface area contributed by atoms with Crippen molar-refractivity contribution in [1.82, 2.24) is 15.5 Å². The van der Waals surface area contributed by atoms with Crippen LogP contribution in [-0.2, 0) is 16.1 Å². The Morgan fingerprint density at radius 3 is 2.87 bits per heavy atom. The molecule has 6 heteroatoms. The summed E-state index contributed by atoms with van der Waals surface area (Å²) in [6.07, 6.45) is 4.54. The molecular formula is C17H23N3O2S. The second-order valence-electron chi connectivity index (χ2n) is 7.09. The lowest BCUT2D eigenvalue weighted by Crippen LogP contribution is -2.47. The molecule has 3 fully saturated rings. The first kappa shape index (κ1) is 15.1. The fraction of sp³-hybridized carbons (Fsp3) is 0.647. The number of rotatable bonds is 4. The van der Waals surface area contributed by atoms with E-state index in [0.717, 1.165) is 32.4 Å². The van der Waals surface area contributed by atoms with Crippen LogP contribution >= 0.6 is 11.3 Å². The minimum absolute atomic E-state index is 0.00575. The van der Waals surface area contributed by atoms with Gasteiger partial charge in [0.1, 0.15) is 6.04 Å². The Labute approximate surface area is 140 Å². The summed E-state index contributed by atoms with van der Waals surface area (Å²) in [5, 5.41) is 10.4. The molecule has 2 saturated heterocycles. The molecule has 1 aromatic heterocycles. The van der Waals surface area contributed by atoms with Crippen molar-refractivity contribution >= 4 is 23.2 Å². The summed E-state index contributed by atoms with van der Waals surface area (Å²) in [5.74, 6) is 0.119. The largest absolute Gasteiger partial charge is 0.344 e. The van der Waals surface area contributed by atoms with Crippen molar-refractivity contribution < 1.29 is 9.59 Å². The number of thiophene rings is 1. The number of nitrogens with zero attached hydrogens (tertiary/aromatic N) is 1. The minimum atomic E-state index is -0.319. The van der Waals surface area contributed by atoms with E-state index >= 15 is 0 Å². The van der Waals surface area contributed by atoms with E-state index in [1.807, 2.05) is 0 Å². The average Bonchev–Trinajstić information content (AvgIpc) is 2.97. The monoisotopic (exact) mass is 333 g/mol. The third kappa shape index (κ3) is 2.90. The van der Waals surface area contributed by atoms with Crippen molar-refractivity contribution in [2.75, 3.05) is 13.1 Å². The lowest BCUT2D eigenvalue weighted by Gasteiger charge is -2.31. The summed E-state index contributed by atoms with van der Waals surface area (Å²) < 4.78 is 0. The van der Waals surface area contributed by atoms with Crippen LogP contribution in [0.4, 0.5) is 0 Å². The number of nitrogens with one attached hydrogen (secondary N) is 2. The summed E-state index contributed by atoms with van der Waals surface area (Å²) in [6, 6.07) is 2.12. The van der Waals surface area contributed by atoms with E-state index in [-0.39, 0.29) is 17.9 Å². The molecule has 1 saturated carbocycles. The number of amides is 2. The lowest BCUT2D eigenvalue weighted by molar-refractivity contribution is -0.136. The molecule has 5 nitrogen and oxygen atoms in total. The van der Waals surface area contributed by atoms with Crippen LogP contribution in [0.2, 0.25) is 0 Å². The highest BCUT2D eigenvalue weighted by atomic mass is 32.1. The predicted octanol–water partition coefficient (Wildman–Crippen LogP) is 1.50. The number of piperidine rings is 1. The fourth-order valence-electron chi connectivity index (χ4n) is 4.15. The zero-order valence-electron chi connectivity index (χ0n) is 13.2. The van der Waals surface area contributed by atoms with E-state index in [9.17, 15) is 9.59 Å². The van der Waals surface area contributed by atoms with Crippen LogP contribution in [0.25, 0.3) is 0 Å². The first-order chi connectivity index (χ1) is 11.2. The maximum Gasteiger partial charge on any atom is 0.245 e. The van der Waals surface area contributed by atoms with Crippen LogP contribution in [0.1, 0.15) is 37.7 Å². The molecule has 2 N–H and O–H groups in total. The first-order valence-corrected chi connectivity index (χ1v) is 9.44. The topological polar surface area (TPSA) is 61.4 Å². The molecule has 3 heterocycles. The van der Waals surface area contributed by atoms with Crippen LogP contribution in [0, 0.1) is 5.41 Å². The molecular weight excluding hydrogens is 310 g/mol. The van der Waals surface area contributed by atoms with Crippen LogP contribution < -0.4 is 10.6 Å². The van der Waals surface area contributed by atoms with E-state index in [0.29, 0.717) is 30.8 Å². The summed E-state index contributed by atoms with van der Waals surface area (Å²) >= 11 is 1.67. The molecule has 1 aromatic rings. The molecule has 124 valence electrons. The molecule has 3 aliphatic rings. The van der Waals surface area contributed by atoms with E-state index in [2.05, 4.69) is 32.4 Å². The van der Waals surface area contributed by atoms with Crippen LogP contribution in [0.3, 0.4) is 0 Å². The third-order valence-electron chi connectivity index (χ3n) is 5.63. The quantitative estimate of drug-likeness (QED) is 0.878. The van der Waals surface area contributed by atoms with E-state index in [1.165, 1.54) is 5.56 Å². The van der Waals surface area contributed by atoms with Gasteiger partial charge in [-0.1, -0.05) is 0 Å². The van der Waals surface area contributed by atoms with Gasteiger partial charge in [0.15, 0.2) is 0 Å². The summed E-state index contributed by atoms with van der Waals surface area (Å²) in [5.41, 5.74) is 1.52. The van der Waals surface area contributed by atoms with Gasteiger partial charge in [0.2, 0.25) is 11.8 Å². The molecule has 4 rings (SSSR count). The Hall–Kier alpha value is -1.40.